The van der Waals surface area contributed by atoms with Crippen LogP contribution in [0.4, 0.5) is 0 Å². The molecule has 0 rings (SSSR count). The van der Waals surface area contributed by atoms with Crippen LogP contribution in [-0.2, 0) is 8.62 Å². The highest BCUT2D eigenvalue weighted by Gasteiger charge is 2.13. The van der Waals surface area contributed by atoms with Crippen molar-refractivity contribution in [2.24, 2.45) is 0 Å². The molecule has 1 unspecified atom stereocenters. The molecule has 0 saturated heterocycles. The fourth-order valence-electron chi connectivity index (χ4n) is 0.276. The molecule has 0 saturated carbocycles. The Morgan fingerprint density at radius 1 is 2.00 bits per heavy atom. The first-order valence-electron chi connectivity index (χ1n) is 2.22. The number of hydrogen-bond acceptors (Lipinski definition) is 2. The zero-order valence-electron chi connectivity index (χ0n) is 4.43. The summed E-state index contributed by atoms with van der Waals surface area (Å²) in [6, 6.07) is 0. The Bertz CT molecular complexity index is 79.4. The monoisotopic (exact) mass is 182 g/mol. The Hall–Kier alpha value is -0.0900. The van der Waals surface area contributed by atoms with E-state index in [2.05, 4.69) is 20.1 Å². The summed E-state index contributed by atoms with van der Waals surface area (Å²) in [4.78, 5) is 10.0. The van der Waals surface area contributed by atoms with Crippen LogP contribution in [0.25, 0.3) is 0 Å². The van der Waals surface area contributed by atoms with Gasteiger partial charge in [-0.1, -0.05) is 6.92 Å². The van der Waals surface area contributed by atoms with Crippen molar-refractivity contribution in [3.05, 3.63) is 0 Å². The lowest BCUT2D eigenvalue weighted by Crippen LogP contribution is -2.18. The third-order valence-corrected chi connectivity index (χ3v) is 1.21. The molecule has 1 atom stereocenters. The first-order valence-corrected chi connectivity index (χ1v) is 2.87. The van der Waals surface area contributed by atoms with Gasteiger partial charge in [-0.25, -0.2) is 4.79 Å². The van der Waals surface area contributed by atoms with Crippen LogP contribution in [0.5, 0.6) is 0 Å². The number of halogens is 1. The van der Waals surface area contributed by atoms with Gasteiger partial charge < -0.3 is 5.11 Å². The van der Waals surface area contributed by atoms with Gasteiger partial charge >= 0.3 is 5.97 Å². The molecular weight excluding hydrogens is 176 g/mol. The van der Waals surface area contributed by atoms with Gasteiger partial charge in [-0.2, -0.15) is 0 Å². The van der Waals surface area contributed by atoms with Gasteiger partial charge in [0.2, 0.25) is 0 Å². The van der Waals surface area contributed by atoms with Crippen LogP contribution < -0.4 is 0 Å². The molecule has 0 heterocycles. The van der Waals surface area contributed by atoms with Crippen molar-refractivity contribution in [2.45, 2.75) is 19.4 Å². The average molecular weight is 183 g/mol. The minimum absolute atomic E-state index is 0.473. The summed E-state index contributed by atoms with van der Waals surface area (Å²) in [6.07, 6.45) is -0.240. The van der Waals surface area contributed by atoms with E-state index in [4.69, 9.17) is 5.11 Å². The lowest BCUT2D eigenvalue weighted by Gasteiger charge is -2.01. The molecule has 0 aliphatic rings. The lowest BCUT2D eigenvalue weighted by atomic mass is 10.3. The van der Waals surface area contributed by atoms with E-state index in [1.807, 2.05) is 0 Å². The third kappa shape index (κ3) is 2.28. The quantitative estimate of drug-likeness (QED) is 0.714. The molecule has 0 aromatic carbocycles. The van der Waals surface area contributed by atoms with Gasteiger partial charge in [0.25, 0.3) is 0 Å². The molecule has 0 fully saturated rings. The van der Waals surface area contributed by atoms with E-state index < -0.39 is 12.1 Å². The maximum Gasteiger partial charge on any atom is 0.334 e. The van der Waals surface area contributed by atoms with E-state index >= 15 is 0 Å². The van der Waals surface area contributed by atoms with E-state index in [0.717, 1.165) is 0 Å². The number of carboxylic acids is 1. The second-order valence-corrected chi connectivity index (χ2v) is 1.70. The average Bonchev–Trinajstić information content (AvgIpc) is 1.69. The highest BCUT2D eigenvalue weighted by Crippen LogP contribution is 2.01. The standard InChI is InChI=1S/C4H7BrO3/c1-2-3(8-5)4(6)7/h3H,2H2,1H3,(H,6,7). The molecule has 0 aliphatic carbocycles. The van der Waals surface area contributed by atoms with Crippen LogP contribution in [0, 0.1) is 0 Å². The maximum absolute atomic E-state index is 10.0. The summed E-state index contributed by atoms with van der Waals surface area (Å²) in [5.41, 5.74) is 0. The molecule has 4 heteroatoms. The van der Waals surface area contributed by atoms with Gasteiger partial charge in [0.1, 0.15) is 0 Å². The van der Waals surface area contributed by atoms with Crippen LogP contribution in [-0.4, -0.2) is 17.2 Å². The number of carbonyl (C=O) groups is 1. The van der Waals surface area contributed by atoms with Crippen molar-refractivity contribution < 1.29 is 13.7 Å². The Morgan fingerprint density at radius 3 is 2.50 bits per heavy atom. The van der Waals surface area contributed by atoms with E-state index in [1.54, 1.807) is 6.92 Å². The van der Waals surface area contributed by atoms with Crippen molar-refractivity contribution in [2.75, 3.05) is 0 Å². The smallest absolute Gasteiger partial charge is 0.334 e. The summed E-state index contributed by atoms with van der Waals surface area (Å²) in [6.45, 7) is 1.74. The van der Waals surface area contributed by atoms with Gasteiger partial charge in [0.15, 0.2) is 6.10 Å². The fraction of sp³-hybridized carbons (Fsp3) is 0.750. The van der Waals surface area contributed by atoms with Crippen molar-refractivity contribution >= 4 is 22.2 Å². The van der Waals surface area contributed by atoms with Crippen molar-refractivity contribution in [3.8, 4) is 0 Å². The van der Waals surface area contributed by atoms with Gasteiger partial charge in [-0.05, 0) is 6.42 Å². The van der Waals surface area contributed by atoms with Crippen molar-refractivity contribution in [1.82, 2.24) is 0 Å². The number of carboxylic acid groups (broad SMARTS) is 1. The van der Waals surface area contributed by atoms with Gasteiger partial charge in [0, 0.05) is 0 Å². The van der Waals surface area contributed by atoms with Crippen molar-refractivity contribution in [3.63, 3.8) is 0 Å². The zero-order valence-corrected chi connectivity index (χ0v) is 6.01. The van der Waals surface area contributed by atoms with Crippen molar-refractivity contribution in [1.29, 1.82) is 0 Å². The minimum atomic E-state index is -0.940. The van der Waals surface area contributed by atoms with E-state index in [-0.39, 0.29) is 0 Å². The summed E-state index contributed by atoms with van der Waals surface area (Å²) in [5.74, 6) is -0.940. The second-order valence-electron chi connectivity index (χ2n) is 1.32. The Balaban J connectivity index is 3.52. The van der Waals surface area contributed by atoms with Crippen LogP contribution >= 0.6 is 16.3 Å². The summed E-state index contributed by atoms with van der Waals surface area (Å²) in [7, 11) is 0. The maximum atomic E-state index is 10.0. The van der Waals surface area contributed by atoms with E-state index in [0.29, 0.717) is 6.42 Å². The number of rotatable bonds is 3. The van der Waals surface area contributed by atoms with Crippen LogP contribution in [0.3, 0.4) is 0 Å². The molecule has 0 spiro atoms. The highest BCUT2D eigenvalue weighted by atomic mass is 79.9. The molecule has 1 N–H and O–H groups in total. The SMILES string of the molecule is CCC(OBr)C(=O)O. The molecular formula is C4H7BrO3. The zero-order chi connectivity index (χ0) is 6.57. The van der Waals surface area contributed by atoms with Gasteiger partial charge in [-0.3, -0.25) is 3.83 Å². The summed E-state index contributed by atoms with van der Waals surface area (Å²) < 4.78 is 4.37. The van der Waals surface area contributed by atoms with E-state index in [1.165, 1.54) is 0 Å². The summed E-state index contributed by atoms with van der Waals surface area (Å²) >= 11 is 2.60. The minimum Gasteiger partial charge on any atom is -0.479 e. The Morgan fingerprint density at radius 2 is 2.50 bits per heavy atom. The summed E-state index contributed by atoms with van der Waals surface area (Å²) in [5, 5.41) is 8.22. The van der Waals surface area contributed by atoms with Gasteiger partial charge in [0.05, 0.1) is 16.3 Å². The number of hydrogen-bond donors (Lipinski definition) is 1. The third-order valence-electron chi connectivity index (χ3n) is 0.754. The fourth-order valence-corrected chi connectivity index (χ4v) is 0.700. The molecule has 0 radical (unpaired) electrons. The van der Waals surface area contributed by atoms with Crippen LogP contribution in [0.1, 0.15) is 13.3 Å². The molecule has 8 heavy (non-hydrogen) atoms. The molecule has 48 valence electrons. The van der Waals surface area contributed by atoms with Crippen LogP contribution in [0.2, 0.25) is 0 Å². The first-order chi connectivity index (χ1) is 3.72. The largest absolute Gasteiger partial charge is 0.479 e. The topological polar surface area (TPSA) is 46.5 Å². The molecule has 0 amide bonds. The predicted molar refractivity (Wildman–Crippen MR) is 31.7 cm³/mol. The molecule has 0 aliphatic heterocycles. The molecule has 0 aromatic heterocycles. The second kappa shape index (κ2) is 3.86. The Kier molecular flexibility index (Phi) is 3.81. The molecule has 0 bridgehead atoms. The Labute approximate surface area is 56.1 Å². The number of aliphatic carboxylic acids is 1. The lowest BCUT2D eigenvalue weighted by molar-refractivity contribution is -0.144. The first kappa shape index (κ1) is 7.91. The van der Waals surface area contributed by atoms with Crippen LogP contribution in [0.15, 0.2) is 0 Å². The predicted octanol–water partition coefficient (Wildman–Crippen LogP) is 1.18. The van der Waals surface area contributed by atoms with Gasteiger partial charge in [-0.15, -0.1) is 0 Å². The molecule has 3 nitrogen and oxygen atoms in total. The van der Waals surface area contributed by atoms with E-state index in [9.17, 15) is 4.79 Å². The normalized spacial score (nSPS) is 13.2. The molecule has 0 aromatic rings. The highest BCUT2D eigenvalue weighted by molar-refractivity contribution is 9.06.